The first kappa shape index (κ1) is 12.1. The molecule has 0 spiro atoms. The van der Waals surface area contributed by atoms with Crippen LogP contribution < -0.4 is 0 Å². The van der Waals surface area contributed by atoms with Crippen molar-refractivity contribution in [2.24, 2.45) is 0 Å². The maximum Gasteiger partial charge on any atom is 0.151 e. The molecule has 0 unspecified atom stereocenters. The fourth-order valence-electron chi connectivity index (χ4n) is 2.27. The zero-order valence-corrected chi connectivity index (χ0v) is 11.1. The number of benzene rings is 1. The van der Waals surface area contributed by atoms with Crippen LogP contribution in [0.2, 0.25) is 0 Å². The normalized spacial score (nSPS) is 12.0. The Balaban J connectivity index is 2.79. The van der Waals surface area contributed by atoms with E-state index in [1.807, 2.05) is 6.92 Å². The van der Waals surface area contributed by atoms with Crippen molar-refractivity contribution in [3.63, 3.8) is 0 Å². The van der Waals surface area contributed by atoms with Gasteiger partial charge in [0.05, 0.1) is 5.52 Å². The van der Waals surface area contributed by atoms with Gasteiger partial charge in [-0.1, -0.05) is 13.8 Å². The van der Waals surface area contributed by atoms with Crippen molar-refractivity contribution in [2.75, 3.05) is 0 Å². The lowest BCUT2D eigenvalue weighted by Crippen LogP contribution is -2.03. The number of hydrogen-bond donors (Lipinski definition) is 0. The van der Waals surface area contributed by atoms with Gasteiger partial charge in [-0.25, -0.2) is 9.37 Å². The zero-order valence-electron chi connectivity index (χ0n) is 11.1. The highest BCUT2D eigenvalue weighted by molar-refractivity contribution is 5.78. The molecule has 2 rings (SSSR count). The molecule has 0 fully saturated rings. The summed E-state index contributed by atoms with van der Waals surface area (Å²) in [7, 11) is 0. The molecule has 0 amide bonds. The molecule has 0 aliphatic heterocycles. The quantitative estimate of drug-likeness (QED) is 0.762. The van der Waals surface area contributed by atoms with Crippen molar-refractivity contribution in [3.05, 3.63) is 29.3 Å². The maximum atomic E-state index is 14.0. The number of halogens is 1. The van der Waals surface area contributed by atoms with Crippen LogP contribution in [-0.4, -0.2) is 9.55 Å². The molecule has 0 aliphatic carbocycles. The molecule has 1 aromatic heterocycles. The summed E-state index contributed by atoms with van der Waals surface area (Å²) in [4.78, 5) is 4.32. The summed E-state index contributed by atoms with van der Waals surface area (Å²) >= 11 is 0. The van der Waals surface area contributed by atoms with Gasteiger partial charge in [-0.05, 0) is 44.4 Å². The van der Waals surface area contributed by atoms with E-state index < -0.39 is 0 Å². The predicted molar refractivity (Wildman–Crippen MR) is 68.9 cm³/mol. The number of imidazole rings is 1. The third-order valence-corrected chi connectivity index (χ3v) is 3.13. The van der Waals surface area contributed by atoms with Crippen molar-refractivity contribution < 1.29 is 4.39 Å². The molecule has 2 nitrogen and oxygen atoms in total. The lowest BCUT2D eigenvalue weighted by molar-refractivity contribution is 0.599. The van der Waals surface area contributed by atoms with Crippen molar-refractivity contribution in [2.45, 2.75) is 46.6 Å². The van der Waals surface area contributed by atoms with Crippen LogP contribution in [0, 0.1) is 12.7 Å². The highest BCUT2D eigenvalue weighted by Gasteiger charge is 2.15. The smallest absolute Gasteiger partial charge is 0.151 e. The Kier molecular flexibility index (Phi) is 2.94. The number of fused-ring (bicyclic) bond motifs is 1. The minimum absolute atomic E-state index is 0.214. The van der Waals surface area contributed by atoms with E-state index in [1.54, 1.807) is 6.07 Å². The third-order valence-electron chi connectivity index (χ3n) is 3.13. The van der Waals surface area contributed by atoms with E-state index >= 15 is 0 Å². The Morgan fingerprint density at radius 3 is 2.35 bits per heavy atom. The second-order valence-electron chi connectivity index (χ2n) is 5.15. The molecule has 0 aliphatic rings. The summed E-state index contributed by atoms with van der Waals surface area (Å²) in [6, 6.07) is 3.95. The first-order chi connectivity index (χ1) is 7.91. The molecule has 0 radical (unpaired) electrons. The van der Waals surface area contributed by atoms with E-state index in [1.165, 1.54) is 0 Å². The van der Waals surface area contributed by atoms with Crippen LogP contribution in [0.25, 0.3) is 11.0 Å². The van der Waals surface area contributed by atoms with Crippen LogP contribution in [0.1, 0.15) is 51.0 Å². The van der Waals surface area contributed by atoms with E-state index in [9.17, 15) is 4.39 Å². The van der Waals surface area contributed by atoms with Gasteiger partial charge in [0, 0.05) is 6.04 Å². The minimum Gasteiger partial charge on any atom is -0.326 e. The number of hydrogen-bond acceptors (Lipinski definition) is 1. The van der Waals surface area contributed by atoms with Crippen LogP contribution in [0.3, 0.4) is 0 Å². The lowest BCUT2D eigenvalue weighted by atomic mass is 10.0. The van der Waals surface area contributed by atoms with Gasteiger partial charge in [0.2, 0.25) is 0 Å². The zero-order chi connectivity index (χ0) is 12.7. The molecular weight excluding hydrogens is 215 g/mol. The van der Waals surface area contributed by atoms with Crippen LogP contribution in [0.15, 0.2) is 12.1 Å². The summed E-state index contributed by atoms with van der Waals surface area (Å²) in [5.74, 6) is 0.980. The lowest BCUT2D eigenvalue weighted by Gasteiger charge is -2.12. The van der Waals surface area contributed by atoms with Gasteiger partial charge < -0.3 is 4.57 Å². The van der Waals surface area contributed by atoms with Gasteiger partial charge >= 0.3 is 0 Å². The molecule has 0 bridgehead atoms. The Hall–Kier alpha value is -1.38. The monoisotopic (exact) mass is 234 g/mol. The Labute approximate surface area is 101 Å². The number of aryl methyl sites for hydroxylation is 1. The van der Waals surface area contributed by atoms with E-state index in [0.29, 0.717) is 17.5 Å². The highest BCUT2D eigenvalue weighted by atomic mass is 19.1. The molecule has 3 heteroatoms. The van der Waals surface area contributed by atoms with Crippen molar-refractivity contribution in [3.8, 4) is 0 Å². The average molecular weight is 234 g/mol. The second kappa shape index (κ2) is 4.13. The molecule has 0 N–H and O–H groups in total. The second-order valence-corrected chi connectivity index (χ2v) is 5.15. The SMILES string of the molecule is Cc1nc2c(F)cc(C(C)C)cc2n1C(C)C. The molecule has 0 atom stereocenters. The van der Waals surface area contributed by atoms with E-state index in [4.69, 9.17) is 0 Å². The van der Waals surface area contributed by atoms with Crippen LogP contribution >= 0.6 is 0 Å². The highest BCUT2D eigenvalue weighted by Crippen LogP contribution is 2.27. The summed E-state index contributed by atoms with van der Waals surface area (Å²) < 4.78 is 16.1. The summed E-state index contributed by atoms with van der Waals surface area (Å²) in [5, 5.41) is 0. The number of aromatic nitrogens is 2. The topological polar surface area (TPSA) is 17.8 Å². The molecule has 1 heterocycles. The Bertz CT molecular complexity index is 553. The van der Waals surface area contributed by atoms with Crippen molar-refractivity contribution >= 4 is 11.0 Å². The van der Waals surface area contributed by atoms with E-state index in [2.05, 4.69) is 43.3 Å². The Morgan fingerprint density at radius 1 is 1.18 bits per heavy atom. The largest absolute Gasteiger partial charge is 0.326 e. The van der Waals surface area contributed by atoms with Crippen LogP contribution in [0.4, 0.5) is 4.39 Å². The molecule has 0 saturated heterocycles. The summed E-state index contributed by atoms with van der Waals surface area (Å²) in [6.45, 7) is 10.3. The maximum absolute atomic E-state index is 14.0. The van der Waals surface area contributed by atoms with Gasteiger partial charge in [0.1, 0.15) is 11.3 Å². The predicted octanol–water partition coefficient (Wildman–Crippen LogP) is 4.19. The standard InChI is InChI=1S/C14H19FN2/c1-8(2)11-6-12(15)14-13(7-11)17(9(3)4)10(5)16-14/h6-9H,1-5H3. The van der Waals surface area contributed by atoms with Crippen molar-refractivity contribution in [1.82, 2.24) is 9.55 Å². The van der Waals surface area contributed by atoms with Gasteiger partial charge in [-0.3, -0.25) is 0 Å². The molecule has 92 valence electrons. The molecule has 1 aromatic carbocycles. The average Bonchev–Trinajstić information content (AvgIpc) is 2.54. The van der Waals surface area contributed by atoms with E-state index in [-0.39, 0.29) is 5.82 Å². The number of rotatable bonds is 2. The first-order valence-electron chi connectivity index (χ1n) is 6.09. The molecule has 2 aromatic rings. The molecule has 17 heavy (non-hydrogen) atoms. The van der Waals surface area contributed by atoms with Crippen LogP contribution in [0.5, 0.6) is 0 Å². The van der Waals surface area contributed by atoms with Crippen molar-refractivity contribution in [1.29, 1.82) is 0 Å². The number of nitrogens with zero attached hydrogens (tertiary/aromatic N) is 2. The fraction of sp³-hybridized carbons (Fsp3) is 0.500. The summed E-state index contributed by atoms with van der Waals surface area (Å²) in [5.41, 5.74) is 2.42. The third kappa shape index (κ3) is 1.94. The van der Waals surface area contributed by atoms with Gasteiger partial charge in [0.15, 0.2) is 5.82 Å². The van der Waals surface area contributed by atoms with Gasteiger partial charge in [-0.2, -0.15) is 0 Å². The molecule has 0 saturated carbocycles. The molecular formula is C14H19FN2. The van der Waals surface area contributed by atoms with Gasteiger partial charge in [-0.15, -0.1) is 0 Å². The van der Waals surface area contributed by atoms with E-state index in [0.717, 1.165) is 16.9 Å². The van der Waals surface area contributed by atoms with Crippen LogP contribution in [-0.2, 0) is 0 Å². The fourth-order valence-corrected chi connectivity index (χ4v) is 2.27. The van der Waals surface area contributed by atoms with Gasteiger partial charge in [0.25, 0.3) is 0 Å². The Morgan fingerprint density at radius 2 is 1.82 bits per heavy atom. The first-order valence-corrected chi connectivity index (χ1v) is 6.09. The minimum atomic E-state index is -0.214. The summed E-state index contributed by atoms with van der Waals surface area (Å²) in [6.07, 6.45) is 0.